The van der Waals surface area contributed by atoms with E-state index in [0.717, 1.165) is 18.9 Å². The molecule has 1 amide bonds. The van der Waals surface area contributed by atoms with Crippen LogP contribution in [0, 0.1) is 5.82 Å². The molecule has 1 aromatic carbocycles. The number of carbonyl (C=O) groups excluding carboxylic acids is 1. The minimum absolute atomic E-state index is 0.0217. The summed E-state index contributed by atoms with van der Waals surface area (Å²) < 4.78 is 28.3. The van der Waals surface area contributed by atoms with E-state index in [0.29, 0.717) is 25.0 Å². The van der Waals surface area contributed by atoms with Crippen molar-refractivity contribution in [2.45, 2.75) is 57.7 Å². The summed E-state index contributed by atoms with van der Waals surface area (Å²) in [6, 6.07) is 0.930. The molecule has 1 aliphatic carbocycles. The second-order valence-corrected chi connectivity index (χ2v) is 9.93. The maximum Gasteiger partial charge on any atom is 0.410 e. The summed E-state index contributed by atoms with van der Waals surface area (Å²) >= 11 is 0. The molecule has 1 saturated heterocycles. The number of hydrogen-bond donors (Lipinski definition) is 1. The van der Waals surface area contributed by atoms with Crippen LogP contribution < -0.4 is 15.1 Å². The van der Waals surface area contributed by atoms with Crippen molar-refractivity contribution in [1.82, 2.24) is 9.47 Å². The van der Waals surface area contributed by atoms with Crippen LogP contribution in [0.15, 0.2) is 17.1 Å². The van der Waals surface area contributed by atoms with E-state index < -0.39 is 34.5 Å². The maximum absolute atomic E-state index is 15.5. The molecule has 1 N–H and O–H groups in total. The van der Waals surface area contributed by atoms with E-state index in [9.17, 15) is 19.5 Å². The van der Waals surface area contributed by atoms with Crippen molar-refractivity contribution in [3.05, 3.63) is 33.9 Å². The summed E-state index contributed by atoms with van der Waals surface area (Å²) in [5, 5.41) is 9.46. The van der Waals surface area contributed by atoms with Gasteiger partial charge in [-0.2, -0.15) is 0 Å². The molecule has 10 heteroatoms. The molecular formula is C24H30FN3O6. The van der Waals surface area contributed by atoms with Crippen LogP contribution in [0.5, 0.6) is 5.75 Å². The Hall–Kier alpha value is -3.30. The molecule has 1 atom stereocenters. The number of rotatable bonds is 5. The Morgan fingerprint density at radius 1 is 1.24 bits per heavy atom. The Balaban J connectivity index is 1.76. The van der Waals surface area contributed by atoms with Crippen LogP contribution in [-0.2, 0) is 4.74 Å². The van der Waals surface area contributed by atoms with Crippen LogP contribution in [0.1, 0.15) is 56.4 Å². The molecule has 2 aliphatic rings. The minimum Gasteiger partial charge on any atom is -0.492 e. The number of hydrogen-bond acceptors (Lipinski definition) is 6. The molecule has 1 aromatic heterocycles. The molecule has 2 fully saturated rings. The first-order valence-electron chi connectivity index (χ1n) is 11.3. The Morgan fingerprint density at radius 3 is 2.47 bits per heavy atom. The standard InChI is InChI=1S/C24H30FN3O6/c1-24(2,3)34-23(32)26(4)14-8-9-27(11-14)19-17(25)10-15-18(21(19)33-5)28(13-6-7-13)12-16(20(15)29)22(30)31/h10,12-14H,6-9,11H2,1-5H3,(H,30,31)/t14-/m0/s1. The molecule has 0 spiro atoms. The van der Waals surface area contributed by atoms with Gasteiger partial charge in [0.2, 0.25) is 5.43 Å². The van der Waals surface area contributed by atoms with E-state index in [-0.39, 0.29) is 28.9 Å². The SMILES string of the molecule is COc1c(N2CC[C@H](N(C)C(=O)OC(C)(C)C)C2)c(F)cc2c(=O)c(C(=O)O)cn(C3CC3)c12. The molecule has 1 aliphatic heterocycles. The van der Waals surface area contributed by atoms with Gasteiger partial charge in [0.1, 0.15) is 16.9 Å². The maximum atomic E-state index is 15.5. The van der Waals surface area contributed by atoms with Crippen molar-refractivity contribution in [3.63, 3.8) is 0 Å². The number of likely N-dealkylation sites (N-methyl/N-ethyl adjacent to an activating group) is 1. The third-order valence-electron chi connectivity index (χ3n) is 6.28. The van der Waals surface area contributed by atoms with Gasteiger partial charge in [0.05, 0.1) is 24.1 Å². The topological polar surface area (TPSA) is 101 Å². The first kappa shape index (κ1) is 23.8. The minimum atomic E-state index is -1.35. The van der Waals surface area contributed by atoms with Gasteiger partial charge in [0.25, 0.3) is 0 Å². The van der Waals surface area contributed by atoms with Gasteiger partial charge in [-0.05, 0) is 46.1 Å². The summed E-state index contributed by atoms with van der Waals surface area (Å²) in [6.45, 7) is 6.21. The van der Waals surface area contributed by atoms with Gasteiger partial charge in [-0.1, -0.05) is 0 Å². The summed E-state index contributed by atoms with van der Waals surface area (Å²) in [6.07, 6.45) is 3.15. The van der Waals surface area contributed by atoms with Crippen LogP contribution >= 0.6 is 0 Å². The lowest BCUT2D eigenvalue weighted by Gasteiger charge is -2.29. The average Bonchev–Trinajstić information content (AvgIpc) is 3.48. The van der Waals surface area contributed by atoms with E-state index in [2.05, 4.69) is 0 Å². The fraction of sp³-hybridized carbons (Fsp3) is 0.542. The van der Waals surface area contributed by atoms with Crippen molar-refractivity contribution >= 4 is 28.7 Å². The van der Waals surface area contributed by atoms with Crippen LogP contribution in [-0.4, -0.2) is 65.5 Å². The van der Waals surface area contributed by atoms with Gasteiger partial charge in [0, 0.05) is 32.4 Å². The van der Waals surface area contributed by atoms with Crippen LogP contribution in [0.25, 0.3) is 10.9 Å². The number of carboxylic acid groups (broad SMARTS) is 1. The summed E-state index contributed by atoms with van der Waals surface area (Å²) in [5.41, 5.74) is -1.17. The Morgan fingerprint density at radius 2 is 1.91 bits per heavy atom. The number of pyridine rings is 1. The van der Waals surface area contributed by atoms with E-state index in [1.54, 1.807) is 37.3 Å². The average molecular weight is 476 g/mol. The molecule has 0 bridgehead atoms. The zero-order valence-electron chi connectivity index (χ0n) is 20.1. The number of fused-ring (bicyclic) bond motifs is 1. The van der Waals surface area contributed by atoms with Crippen molar-refractivity contribution in [2.24, 2.45) is 0 Å². The zero-order chi connectivity index (χ0) is 24.9. The van der Waals surface area contributed by atoms with Gasteiger partial charge in [-0.3, -0.25) is 4.79 Å². The fourth-order valence-electron chi connectivity index (χ4n) is 4.47. The lowest BCUT2D eigenvalue weighted by molar-refractivity contribution is 0.0237. The molecule has 0 radical (unpaired) electrons. The number of anilines is 1. The van der Waals surface area contributed by atoms with Crippen molar-refractivity contribution in [3.8, 4) is 5.75 Å². The smallest absolute Gasteiger partial charge is 0.410 e. The van der Waals surface area contributed by atoms with Crippen LogP contribution in [0.3, 0.4) is 0 Å². The highest BCUT2D eigenvalue weighted by atomic mass is 19.1. The first-order valence-corrected chi connectivity index (χ1v) is 11.3. The quantitative estimate of drug-likeness (QED) is 0.705. The van der Waals surface area contributed by atoms with Gasteiger partial charge >= 0.3 is 12.1 Å². The van der Waals surface area contributed by atoms with E-state index >= 15 is 4.39 Å². The number of carboxylic acids is 1. The van der Waals surface area contributed by atoms with E-state index in [1.807, 2.05) is 0 Å². The molecule has 2 aromatic rings. The monoisotopic (exact) mass is 475 g/mol. The fourth-order valence-corrected chi connectivity index (χ4v) is 4.47. The highest BCUT2D eigenvalue weighted by Crippen LogP contribution is 2.44. The molecule has 0 unspecified atom stereocenters. The predicted octanol–water partition coefficient (Wildman–Crippen LogP) is 3.63. The van der Waals surface area contributed by atoms with Crippen molar-refractivity contribution < 1.29 is 28.6 Å². The highest BCUT2D eigenvalue weighted by Gasteiger charge is 2.36. The number of amides is 1. The first-order chi connectivity index (χ1) is 15.9. The molecule has 34 heavy (non-hydrogen) atoms. The van der Waals surface area contributed by atoms with Crippen molar-refractivity contribution in [2.75, 3.05) is 32.1 Å². The largest absolute Gasteiger partial charge is 0.492 e. The number of benzene rings is 1. The molecule has 9 nitrogen and oxygen atoms in total. The zero-order valence-corrected chi connectivity index (χ0v) is 20.1. The van der Waals surface area contributed by atoms with E-state index in [4.69, 9.17) is 9.47 Å². The number of carbonyl (C=O) groups is 2. The van der Waals surface area contributed by atoms with Gasteiger partial charge in [0.15, 0.2) is 11.6 Å². The number of halogens is 1. The third-order valence-corrected chi connectivity index (χ3v) is 6.28. The number of ether oxygens (including phenoxy) is 2. The van der Waals surface area contributed by atoms with Crippen LogP contribution in [0.2, 0.25) is 0 Å². The predicted molar refractivity (Wildman–Crippen MR) is 125 cm³/mol. The lowest BCUT2D eigenvalue weighted by atomic mass is 10.1. The number of aromatic carboxylic acids is 1. The summed E-state index contributed by atoms with van der Waals surface area (Å²) in [7, 11) is 3.07. The lowest BCUT2D eigenvalue weighted by Crippen LogP contribution is -2.42. The summed E-state index contributed by atoms with van der Waals surface area (Å²) in [4.78, 5) is 40.3. The molecule has 184 valence electrons. The second-order valence-electron chi connectivity index (χ2n) is 9.93. The van der Waals surface area contributed by atoms with Crippen LogP contribution in [0.4, 0.5) is 14.9 Å². The molecular weight excluding hydrogens is 445 g/mol. The molecule has 1 saturated carbocycles. The van der Waals surface area contributed by atoms with Crippen molar-refractivity contribution in [1.29, 1.82) is 0 Å². The highest BCUT2D eigenvalue weighted by molar-refractivity contribution is 5.97. The Labute approximate surface area is 196 Å². The normalized spacial score (nSPS) is 18.3. The second kappa shape index (κ2) is 8.48. The number of nitrogens with zero attached hydrogens (tertiary/aromatic N) is 3. The van der Waals surface area contributed by atoms with Gasteiger partial charge < -0.3 is 28.9 Å². The number of methoxy groups -OCH3 is 1. The van der Waals surface area contributed by atoms with Gasteiger partial charge in [-0.15, -0.1) is 0 Å². The van der Waals surface area contributed by atoms with Gasteiger partial charge in [-0.25, -0.2) is 14.0 Å². The third kappa shape index (κ3) is 4.28. The van der Waals surface area contributed by atoms with E-state index in [1.165, 1.54) is 18.2 Å². The number of aromatic nitrogens is 1. The Kier molecular flexibility index (Phi) is 5.95. The molecule has 4 rings (SSSR count). The molecule has 2 heterocycles. The Bertz CT molecular complexity index is 1210. The summed E-state index contributed by atoms with van der Waals surface area (Å²) in [5.74, 6) is -1.83.